The molecular formula is C35H71NO13. The standard InChI is InChI=1S/C35H71NO13/c1-3-4-5-6-7-8-9-10-35(37)49-34-33-48-32-31-47-30-29-46-28-27-45-26-25-44-24-23-43-22-21-42-20-19-41-18-17-40-16-15-39-14-13-38-12-11-36-2/h36H,3-34H2,1-2H3. The topological polar surface area (TPSA) is 140 Å². The van der Waals surface area contributed by atoms with E-state index in [1.807, 2.05) is 7.05 Å². The van der Waals surface area contributed by atoms with Crippen LogP contribution in [0.2, 0.25) is 0 Å². The van der Waals surface area contributed by atoms with Crippen LogP contribution in [-0.4, -0.2) is 172 Å². The van der Waals surface area contributed by atoms with Gasteiger partial charge in [-0.15, -0.1) is 0 Å². The van der Waals surface area contributed by atoms with Crippen molar-refractivity contribution in [3.05, 3.63) is 0 Å². The van der Waals surface area contributed by atoms with E-state index in [2.05, 4.69) is 12.2 Å². The summed E-state index contributed by atoms with van der Waals surface area (Å²) in [7, 11) is 1.89. The average Bonchev–Trinajstić information content (AvgIpc) is 3.11. The van der Waals surface area contributed by atoms with E-state index in [4.69, 9.17) is 56.8 Å². The number of rotatable bonds is 44. The number of esters is 1. The lowest BCUT2D eigenvalue weighted by atomic mass is 10.1. The predicted molar refractivity (Wildman–Crippen MR) is 187 cm³/mol. The Morgan fingerprint density at radius 3 is 0.939 bits per heavy atom. The molecule has 0 aliphatic rings. The first-order valence-electron chi connectivity index (χ1n) is 18.5. The minimum absolute atomic E-state index is 0.140. The maximum Gasteiger partial charge on any atom is 0.305 e. The van der Waals surface area contributed by atoms with E-state index < -0.39 is 0 Å². The van der Waals surface area contributed by atoms with Gasteiger partial charge in [0.2, 0.25) is 0 Å². The fourth-order valence-corrected chi connectivity index (χ4v) is 3.99. The van der Waals surface area contributed by atoms with Crippen LogP contribution < -0.4 is 5.32 Å². The second-order valence-corrected chi connectivity index (χ2v) is 10.9. The van der Waals surface area contributed by atoms with Crippen LogP contribution in [0, 0.1) is 0 Å². The number of nitrogens with one attached hydrogen (secondary N) is 1. The van der Waals surface area contributed by atoms with Crippen molar-refractivity contribution in [2.45, 2.75) is 58.3 Å². The van der Waals surface area contributed by atoms with E-state index in [0.717, 1.165) is 19.4 Å². The summed E-state index contributed by atoms with van der Waals surface area (Å²) in [5.74, 6) is -0.140. The number of likely N-dealkylation sites (N-methyl/N-ethyl adjacent to an activating group) is 1. The van der Waals surface area contributed by atoms with Crippen LogP contribution in [-0.2, 0) is 61.6 Å². The van der Waals surface area contributed by atoms with Crippen molar-refractivity contribution in [1.29, 1.82) is 0 Å². The first kappa shape index (κ1) is 48.0. The van der Waals surface area contributed by atoms with Crippen LogP contribution in [0.5, 0.6) is 0 Å². The quantitative estimate of drug-likeness (QED) is 0.0731. The van der Waals surface area contributed by atoms with Gasteiger partial charge >= 0.3 is 5.97 Å². The fourth-order valence-electron chi connectivity index (χ4n) is 3.99. The number of carbonyl (C=O) groups is 1. The van der Waals surface area contributed by atoms with E-state index >= 15 is 0 Å². The smallest absolute Gasteiger partial charge is 0.305 e. The molecule has 0 fully saturated rings. The highest BCUT2D eigenvalue weighted by Gasteiger charge is 2.03. The van der Waals surface area contributed by atoms with Gasteiger partial charge in [0.15, 0.2) is 0 Å². The Morgan fingerprint density at radius 1 is 0.367 bits per heavy atom. The van der Waals surface area contributed by atoms with Gasteiger partial charge in [0.1, 0.15) is 6.61 Å². The van der Waals surface area contributed by atoms with E-state index in [1.165, 1.54) is 32.1 Å². The second kappa shape index (κ2) is 45.0. The van der Waals surface area contributed by atoms with Crippen molar-refractivity contribution in [2.24, 2.45) is 0 Å². The Labute approximate surface area is 296 Å². The normalized spacial score (nSPS) is 11.5. The Bertz CT molecular complexity index is 622. The van der Waals surface area contributed by atoms with Gasteiger partial charge < -0.3 is 62.2 Å². The molecule has 0 aliphatic carbocycles. The molecule has 0 amide bonds. The van der Waals surface area contributed by atoms with Gasteiger partial charge in [0.25, 0.3) is 0 Å². The lowest BCUT2D eigenvalue weighted by Gasteiger charge is -2.09. The van der Waals surface area contributed by atoms with Gasteiger partial charge in [-0.3, -0.25) is 4.79 Å². The minimum atomic E-state index is -0.140. The highest BCUT2D eigenvalue weighted by atomic mass is 16.6. The molecule has 0 spiro atoms. The van der Waals surface area contributed by atoms with Crippen molar-refractivity contribution in [2.75, 3.05) is 166 Å². The molecule has 1 N–H and O–H groups in total. The van der Waals surface area contributed by atoms with E-state index in [0.29, 0.717) is 152 Å². The zero-order valence-corrected chi connectivity index (χ0v) is 30.9. The molecule has 0 aliphatic heterocycles. The molecule has 0 radical (unpaired) electrons. The van der Waals surface area contributed by atoms with Crippen molar-refractivity contribution >= 4 is 5.97 Å². The highest BCUT2D eigenvalue weighted by Crippen LogP contribution is 2.08. The van der Waals surface area contributed by atoms with Gasteiger partial charge in [-0.05, 0) is 13.5 Å². The molecule has 0 heterocycles. The number of carbonyl (C=O) groups excluding carboxylic acids is 1. The molecule has 0 saturated heterocycles. The molecular weight excluding hydrogens is 642 g/mol. The van der Waals surface area contributed by atoms with E-state index in [9.17, 15) is 4.79 Å². The summed E-state index contributed by atoms with van der Waals surface area (Å²) in [6.45, 7) is 14.7. The monoisotopic (exact) mass is 713 g/mol. The minimum Gasteiger partial charge on any atom is -0.463 e. The highest BCUT2D eigenvalue weighted by molar-refractivity contribution is 5.69. The summed E-state index contributed by atoms with van der Waals surface area (Å²) in [5, 5.41) is 3.02. The van der Waals surface area contributed by atoms with Gasteiger partial charge in [-0.25, -0.2) is 0 Å². The first-order chi connectivity index (χ1) is 24.3. The van der Waals surface area contributed by atoms with Gasteiger partial charge in [-0.2, -0.15) is 0 Å². The van der Waals surface area contributed by atoms with Gasteiger partial charge in [0.05, 0.1) is 145 Å². The van der Waals surface area contributed by atoms with Crippen molar-refractivity contribution < 1.29 is 61.6 Å². The van der Waals surface area contributed by atoms with Crippen LogP contribution in [0.25, 0.3) is 0 Å². The molecule has 0 aromatic carbocycles. The summed E-state index contributed by atoms with van der Waals surface area (Å²) in [5.41, 5.74) is 0. The SMILES string of the molecule is CCCCCCCCCC(=O)OCCOCCOCCOCCOCCOCCOCCOCCOCCOCCOCCOCCNC. The zero-order chi connectivity index (χ0) is 35.4. The van der Waals surface area contributed by atoms with Crippen LogP contribution in [0.4, 0.5) is 0 Å². The number of ether oxygens (including phenoxy) is 12. The Hall–Kier alpha value is -1.01. The van der Waals surface area contributed by atoms with Crippen LogP contribution >= 0.6 is 0 Å². The maximum absolute atomic E-state index is 11.7. The summed E-state index contributed by atoms with van der Waals surface area (Å²) < 4.78 is 65.2. The second-order valence-electron chi connectivity index (χ2n) is 10.9. The van der Waals surface area contributed by atoms with Crippen LogP contribution in [0.15, 0.2) is 0 Å². The van der Waals surface area contributed by atoms with Gasteiger partial charge in [0, 0.05) is 13.0 Å². The molecule has 49 heavy (non-hydrogen) atoms. The molecule has 0 unspecified atom stereocenters. The average molecular weight is 714 g/mol. The molecule has 0 aromatic rings. The lowest BCUT2D eigenvalue weighted by Crippen LogP contribution is -2.17. The van der Waals surface area contributed by atoms with Crippen LogP contribution in [0.3, 0.4) is 0 Å². The molecule has 0 aromatic heterocycles. The van der Waals surface area contributed by atoms with E-state index in [1.54, 1.807) is 0 Å². The molecule has 14 nitrogen and oxygen atoms in total. The molecule has 294 valence electrons. The molecule has 0 rings (SSSR count). The molecule has 0 bridgehead atoms. The first-order valence-corrected chi connectivity index (χ1v) is 18.5. The fraction of sp³-hybridized carbons (Fsp3) is 0.971. The number of hydrogen-bond acceptors (Lipinski definition) is 14. The predicted octanol–water partition coefficient (Wildman–Crippen LogP) is 3.07. The molecule has 0 atom stereocenters. The van der Waals surface area contributed by atoms with Crippen LogP contribution in [0.1, 0.15) is 58.3 Å². The third-order valence-electron chi connectivity index (χ3n) is 6.69. The summed E-state index contributed by atoms with van der Waals surface area (Å²) >= 11 is 0. The molecule has 0 saturated carbocycles. The summed E-state index contributed by atoms with van der Waals surface area (Å²) in [6, 6.07) is 0. The zero-order valence-electron chi connectivity index (χ0n) is 30.9. The lowest BCUT2D eigenvalue weighted by molar-refractivity contribution is -0.145. The Kier molecular flexibility index (Phi) is 44.1. The van der Waals surface area contributed by atoms with Crippen molar-refractivity contribution in [3.8, 4) is 0 Å². The summed E-state index contributed by atoms with van der Waals surface area (Å²) in [4.78, 5) is 11.7. The summed E-state index contributed by atoms with van der Waals surface area (Å²) in [6.07, 6.45) is 8.80. The van der Waals surface area contributed by atoms with E-state index in [-0.39, 0.29) is 12.6 Å². The Morgan fingerprint density at radius 2 is 0.633 bits per heavy atom. The van der Waals surface area contributed by atoms with Crippen molar-refractivity contribution in [1.82, 2.24) is 5.32 Å². The van der Waals surface area contributed by atoms with Gasteiger partial charge in [-0.1, -0.05) is 45.4 Å². The largest absolute Gasteiger partial charge is 0.463 e. The Balaban J connectivity index is 3.09. The molecule has 14 heteroatoms. The number of unbranched alkanes of at least 4 members (excludes halogenated alkanes) is 6. The number of hydrogen-bond donors (Lipinski definition) is 1. The third kappa shape index (κ3) is 45.0. The maximum atomic E-state index is 11.7. The third-order valence-corrected chi connectivity index (χ3v) is 6.69. The van der Waals surface area contributed by atoms with Crippen molar-refractivity contribution in [3.63, 3.8) is 0 Å².